The van der Waals surface area contributed by atoms with Crippen molar-refractivity contribution in [2.24, 2.45) is 16.8 Å². The third kappa shape index (κ3) is 3.32. The zero-order chi connectivity index (χ0) is 8.81. The molecule has 0 radical (unpaired) electrons. The molecule has 0 aromatic carbocycles. The van der Waals surface area contributed by atoms with E-state index in [0.29, 0.717) is 6.54 Å². The lowest BCUT2D eigenvalue weighted by molar-refractivity contribution is 0.317. The topological polar surface area (TPSA) is 70.6 Å². The molecule has 4 nitrogen and oxygen atoms in total. The lowest BCUT2D eigenvalue weighted by Crippen LogP contribution is -2.32. The van der Waals surface area contributed by atoms with Gasteiger partial charge in [0.2, 0.25) is 0 Å². The molecule has 0 bridgehead atoms. The zero-order valence-electron chi connectivity index (χ0n) is 6.99. The Balaban J connectivity index is 2.01. The first-order valence-electron chi connectivity index (χ1n) is 4.08. The molecule has 70 valence electrons. The highest BCUT2D eigenvalue weighted by Gasteiger charge is 2.14. The Kier molecular flexibility index (Phi) is 4.24. The molecular weight excluding hydrogens is 174 g/mol. The SMILES string of the molecule is NC(CNCC1CCSC1)=NO. The van der Waals surface area contributed by atoms with E-state index < -0.39 is 0 Å². The summed E-state index contributed by atoms with van der Waals surface area (Å²) < 4.78 is 0. The first-order chi connectivity index (χ1) is 5.83. The normalized spacial score (nSPS) is 24.7. The maximum absolute atomic E-state index is 8.25. The highest BCUT2D eigenvalue weighted by molar-refractivity contribution is 7.99. The number of nitrogens with one attached hydrogen (secondary N) is 1. The van der Waals surface area contributed by atoms with Crippen LogP contribution in [-0.2, 0) is 0 Å². The van der Waals surface area contributed by atoms with E-state index in [0.717, 1.165) is 12.5 Å². The number of hydrogen-bond acceptors (Lipinski definition) is 4. The Morgan fingerprint density at radius 1 is 1.75 bits per heavy atom. The first-order valence-corrected chi connectivity index (χ1v) is 5.23. The van der Waals surface area contributed by atoms with Gasteiger partial charge in [0.15, 0.2) is 5.84 Å². The average Bonchev–Trinajstić information content (AvgIpc) is 2.57. The molecule has 0 amide bonds. The first kappa shape index (κ1) is 9.67. The highest BCUT2D eigenvalue weighted by Crippen LogP contribution is 2.22. The average molecular weight is 189 g/mol. The van der Waals surface area contributed by atoms with Gasteiger partial charge < -0.3 is 16.3 Å². The second-order valence-electron chi connectivity index (χ2n) is 2.95. The number of rotatable bonds is 4. The van der Waals surface area contributed by atoms with E-state index >= 15 is 0 Å². The maximum atomic E-state index is 8.25. The minimum absolute atomic E-state index is 0.251. The monoisotopic (exact) mass is 189 g/mol. The Morgan fingerprint density at radius 2 is 2.58 bits per heavy atom. The van der Waals surface area contributed by atoms with Gasteiger partial charge in [0.05, 0.1) is 6.54 Å². The lowest BCUT2D eigenvalue weighted by atomic mass is 10.1. The van der Waals surface area contributed by atoms with E-state index in [1.807, 2.05) is 11.8 Å². The van der Waals surface area contributed by atoms with Gasteiger partial charge in [-0.25, -0.2) is 0 Å². The molecule has 1 atom stereocenters. The predicted octanol–water partition coefficient (Wildman–Crippen LogP) is 0.0755. The molecule has 0 aliphatic carbocycles. The standard InChI is InChI=1S/C7H15N3OS/c8-7(10-11)4-9-3-6-1-2-12-5-6/h6,9,11H,1-5H2,(H2,8,10). The molecule has 1 fully saturated rings. The van der Waals surface area contributed by atoms with E-state index in [-0.39, 0.29) is 5.84 Å². The van der Waals surface area contributed by atoms with Crippen LogP contribution in [-0.4, -0.2) is 35.6 Å². The molecule has 0 aromatic rings. The second kappa shape index (κ2) is 5.27. The summed E-state index contributed by atoms with van der Waals surface area (Å²) in [4.78, 5) is 0. The summed E-state index contributed by atoms with van der Waals surface area (Å²) >= 11 is 2.00. The minimum atomic E-state index is 0.251. The molecule has 0 saturated carbocycles. The fourth-order valence-electron chi connectivity index (χ4n) is 1.18. The molecule has 12 heavy (non-hydrogen) atoms. The molecule has 0 spiro atoms. The molecule has 1 rings (SSSR count). The number of amidine groups is 1. The van der Waals surface area contributed by atoms with Crippen LogP contribution in [0.5, 0.6) is 0 Å². The van der Waals surface area contributed by atoms with Crippen molar-refractivity contribution in [1.29, 1.82) is 0 Å². The van der Waals surface area contributed by atoms with Crippen LogP contribution in [0, 0.1) is 5.92 Å². The largest absolute Gasteiger partial charge is 0.409 e. The van der Waals surface area contributed by atoms with Crippen LogP contribution in [0.3, 0.4) is 0 Å². The van der Waals surface area contributed by atoms with Crippen molar-refractivity contribution in [2.75, 3.05) is 24.6 Å². The van der Waals surface area contributed by atoms with Gasteiger partial charge in [-0.1, -0.05) is 5.16 Å². The van der Waals surface area contributed by atoms with Crippen LogP contribution in [0.25, 0.3) is 0 Å². The Labute approximate surface area is 76.6 Å². The van der Waals surface area contributed by atoms with Crippen LogP contribution < -0.4 is 11.1 Å². The predicted molar refractivity (Wildman–Crippen MR) is 51.7 cm³/mol. The Bertz CT molecular complexity index is 157. The number of thioether (sulfide) groups is 1. The third-order valence-electron chi connectivity index (χ3n) is 1.89. The fraction of sp³-hybridized carbons (Fsp3) is 0.857. The molecule has 1 aliphatic heterocycles. The summed E-state index contributed by atoms with van der Waals surface area (Å²) in [5, 5.41) is 14.3. The molecule has 1 heterocycles. The molecule has 5 heteroatoms. The summed E-state index contributed by atoms with van der Waals surface area (Å²) in [6.07, 6.45) is 1.29. The van der Waals surface area contributed by atoms with Gasteiger partial charge in [-0.2, -0.15) is 11.8 Å². The van der Waals surface area contributed by atoms with Crippen molar-refractivity contribution in [1.82, 2.24) is 5.32 Å². The summed E-state index contributed by atoms with van der Waals surface area (Å²) in [5.41, 5.74) is 5.29. The molecule has 0 aromatic heterocycles. The number of hydrogen-bond donors (Lipinski definition) is 3. The van der Waals surface area contributed by atoms with Crippen molar-refractivity contribution < 1.29 is 5.21 Å². The number of nitrogens with zero attached hydrogens (tertiary/aromatic N) is 1. The van der Waals surface area contributed by atoms with Crippen molar-refractivity contribution in [3.05, 3.63) is 0 Å². The van der Waals surface area contributed by atoms with Crippen LogP contribution in [0.15, 0.2) is 5.16 Å². The smallest absolute Gasteiger partial charge is 0.153 e. The molecule has 1 aliphatic rings. The zero-order valence-corrected chi connectivity index (χ0v) is 7.81. The Morgan fingerprint density at radius 3 is 3.17 bits per heavy atom. The number of oxime groups is 1. The van der Waals surface area contributed by atoms with Crippen LogP contribution in [0.1, 0.15) is 6.42 Å². The maximum Gasteiger partial charge on any atom is 0.153 e. The molecular formula is C7H15N3OS. The number of nitrogens with two attached hydrogens (primary N) is 1. The molecule has 1 saturated heterocycles. The van der Waals surface area contributed by atoms with E-state index in [2.05, 4.69) is 10.5 Å². The van der Waals surface area contributed by atoms with Gasteiger partial charge in [0, 0.05) is 0 Å². The van der Waals surface area contributed by atoms with Crippen LogP contribution in [0.4, 0.5) is 0 Å². The summed E-state index contributed by atoms with van der Waals surface area (Å²) in [7, 11) is 0. The summed E-state index contributed by atoms with van der Waals surface area (Å²) in [6.45, 7) is 1.46. The van der Waals surface area contributed by atoms with Crippen LogP contribution >= 0.6 is 11.8 Å². The lowest BCUT2D eigenvalue weighted by Gasteiger charge is -2.08. The minimum Gasteiger partial charge on any atom is -0.409 e. The van der Waals surface area contributed by atoms with Crippen LogP contribution in [0.2, 0.25) is 0 Å². The highest BCUT2D eigenvalue weighted by atomic mass is 32.2. The Hall–Kier alpha value is -0.420. The third-order valence-corrected chi connectivity index (χ3v) is 3.12. The quantitative estimate of drug-likeness (QED) is 0.253. The van der Waals surface area contributed by atoms with Gasteiger partial charge in [0.25, 0.3) is 0 Å². The van der Waals surface area contributed by atoms with E-state index in [1.54, 1.807) is 0 Å². The molecule has 4 N–H and O–H groups in total. The van der Waals surface area contributed by atoms with E-state index in [1.165, 1.54) is 17.9 Å². The van der Waals surface area contributed by atoms with Crippen molar-refractivity contribution in [3.63, 3.8) is 0 Å². The van der Waals surface area contributed by atoms with Gasteiger partial charge in [0.1, 0.15) is 0 Å². The van der Waals surface area contributed by atoms with Crippen molar-refractivity contribution in [3.8, 4) is 0 Å². The van der Waals surface area contributed by atoms with Crippen molar-refractivity contribution >= 4 is 17.6 Å². The second-order valence-corrected chi connectivity index (χ2v) is 4.10. The summed E-state index contributed by atoms with van der Waals surface area (Å²) in [6, 6.07) is 0. The van der Waals surface area contributed by atoms with Gasteiger partial charge in [-0.3, -0.25) is 0 Å². The molecule has 1 unspecified atom stereocenters. The van der Waals surface area contributed by atoms with Gasteiger partial charge >= 0.3 is 0 Å². The summed E-state index contributed by atoms with van der Waals surface area (Å²) in [5.74, 6) is 3.53. The van der Waals surface area contributed by atoms with E-state index in [4.69, 9.17) is 10.9 Å². The van der Waals surface area contributed by atoms with Gasteiger partial charge in [-0.15, -0.1) is 0 Å². The van der Waals surface area contributed by atoms with E-state index in [9.17, 15) is 0 Å². The van der Waals surface area contributed by atoms with Crippen molar-refractivity contribution in [2.45, 2.75) is 6.42 Å². The fourth-order valence-corrected chi connectivity index (χ4v) is 2.47. The van der Waals surface area contributed by atoms with Gasteiger partial charge in [-0.05, 0) is 30.4 Å².